The van der Waals surface area contributed by atoms with E-state index in [0.29, 0.717) is 11.4 Å². The number of anilines is 2. The number of nitrogens with one attached hydrogen (secondary N) is 2. The van der Waals surface area contributed by atoms with Crippen LogP contribution in [-0.4, -0.2) is 16.7 Å². The first-order chi connectivity index (χ1) is 13.8. The maximum atomic E-state index is 12.4. The standard InChI is InChI=1S/C21H16ClN3O4/c1-13(26)23-16-6-2-14(3-7-16)15-4-8-17(9-5-15)24-21(27)19-12-18(25(28)29)10-11-20(19)22/h2-12H,1H3,(H,23,26)(H,24,27). The Hall–Kier alpha value is -3.71. The number of nitrogens with zero attached hydrogens (tertiary/aromatic N) is 1. The number of halogens is 1. The van der Waals surface area contributed by atoms with Crippen LogP contribution >= 0.6 is 11.6 Å². The fourth-order valence-corrected chi connectivity index (χ4v) is 2.90. The van der Waals surface area contributed by atoms with Crippen LogP contribution in [-0.2, 0) is 4.79 Å². The number of benzene rings is 3. The van der Waals surface area contributed by atoms with E-state index in [4.69, 9.17) is 11.6 Å². The average molecular weight is 410 g/mol. The number of amides is 2. The Labute approximate surface area is 171 Å². The second kappa shape index (κ2) is 8.53. The van der Waals surface area contributed by atoms with Crippen LogP contribution in [0.4, 0.5) is 17.1 Å². The van der Waals surface area contributed by atoms with Gasteiger partial charge in [-0.15, -0.1) is 0 Å². The van der Waals surface area contributed by atoms with Crippen molar-refractivity contribution in [2.45, 2.75) is 6.92 Å². The molecule has 0 heterocycles. The highest BCUT2D eigenvalue weighted by Crippen LogP contribution is 2.25. The van der Waals surface area contributed by atoms with Gasteiger partial charge in [0.2, 0.25) is 5.91 Å². The summed E-state index contributed by atoms with van der Waals surface area (Å²) in [7, 11) is 0. The largest absolute Gasteiger partial charge is 0.326 e. The second-order valence-corrected chi connectivity index (χ2v) is 6.62. The molecule has 0 radical (unpaired) electrons. The van der Waals surface area contributed by atoms with Crippen LogP contribution in [0.1, 0.15) is 17.3 Å². The maximum absolute atomic E-state index is 12.4. The van der Waals surface area contributed by atoms with Gasteiger partial charge in [-0.2, -0.15) is 0 Å². The normalized spacial score (nSPS) is 10.3. The van der Waals surface area contributed by atoms with Crippen molar-refractivity contribution in [2.75, 3.05) is 10.6 Å². The van der Waals surface area contributed by atoms with Gasteiger partial charge in [-0.05, 0) is 41.5 Å². The first-order valence-electron chi connectivity index (χ1n) is 8.57. The Bertz CT molecular complexity index is 1080. The molecule has 7 nitrogen and oxygen atoms in total. The van der Waals surface area contributed by atoms with Gasteiger partial charge in [0.05, 0.1) is 15.5 Å². The average Bonchev–Trinajstić information content (AvgIpc) is 2.69. The van der Waals surface area contributed by atoms with Crippen molar-refractivity contribution in [3.05, 3.63) is 87.4 Å². The molecule has 0 spiro atoms. The lowest BCUT2D eigenvalue weighted by Gasteiger charge is -2.09. The molecule has 2 N–H and O–H groups in total. The Morgan fingerprint density at radius 2 is 1.38 bits per heavy atom. The summed E-state index contributed by atoms with van der Waals surface area (Å²) in [5.74, 6) is -0.673. The summed E-state index contributed by atoms with van der Waals surface area (Å²) < 4.78 is 0. The molecule has 0 unspecified atom stereocenters. The van der Waals surface area contributed by atoms with Gasteiger partial charge in [0.15, 0.2) is 0 Å². The molecule has 3 aromatic rings. The van der Waals surface area contributed by atoms with Gasteiger partial charge >= 0.3 is 0 Å². The molecular formula is C21H16ClN3O4. The van der Waals surface area contributed by atoms with E-state index in [9.17, 15) is 19.7 Å². The molecular weight excluding hydrogens is 394 g/mol. The van der Waals surface area contributed by atoms with E-state index >= 15 is 0 Å². The smallest absolute Gasteiger partial charge is 0.270 e. The third kappa shape index (κ3) is 4.97. The van der Waals surface area contributed by atoms with Crippen molar-refractivity contribution >= 4 is 40.5 Å². The minimum absolute atomic E-state index is 0.0264. The second-order valence-electron chi connectivity index (χ2n) is 6.21. The molecule has 0 aromatic heterocycles. The number of nitro benzene ring substituents is 1. The summed E-state index contributed by atoms with van der Waals surface area (Å²) in [6.07, 6.45) is 0. The van der Waals surface area contributed by atoms with Gasteiger partial charge in [-0.1, -0.05) is 35.9 Å². The van der Waals surface area contributed by atoms with E-state index < -0.39 is 10.8 Å². The third-order valence-corrected chi connectivity index (χ3v) is 4.42. The summed E-state index contributed by atoms with van der Waals surface area (Å²) in [6, 6.07) is 18.2. The quantitative estimate of drug-likeness (QED) is 0.450. The SMILES string of the molecule is CC(=O)Nc1ccc(-c2ccc(NC(=O)c3cc([N+](=O)[O-])ccc3Cl)cc2)cc1. The molecule has 146 valence electrons. The maximum Gasteiger partial charge on any atom is 0.270 e. The van der Waals surface area contributed by atoms with Gasteiger partial charge in [0.1, 0.15) is 0 Å². The number of hydrogen-bond donors (Lipinski definition) is 2. The molecule has 3 aromatic carbocycles. The van der Waals surface area contributed by atoms with Crippen LogP contribution in [0.15, 0.2) is 66.7 Å². The lowest BCUT2D eigenvalue weighted by Crippen LogP contribution is -2.12. The van der Waals surface area contributed by atoms with E-state index in [-0.39, 0.29) is 22.2 Å². The Morgan fingerprint density at radius 1 is 0.862 bits per heavy atom. The highest BCUT2D eigenvalue weighted by molar-refractivity contribution is 6.34. The van der Waals surface area contributed by atoms with E-state index in [0.717, 1.165) is 17.2 Å². The zero-order valence-electron chi connectivity index (χ0n) is 15.3. The first kappa shape index (κ1) is 20.0. The van der Waals surface area contributed by atoms with E-state index in [2.05, 4.69) is 10.6 Å². The highest BCUT2D eigenvalue weighted by Gasteiger charge is 2.16. The fourth-order valence-electron chi connectivity index (χ4n) is 2.69. The topological polar surface area (TPSA) is 101 Å². The predicted molar refractivity (Wildman–Crippen MR) is 112 cm³/mol. The Morgan fingerprint density at radius 3 is 1.86 bits per heavy atom. The van der Waals surface area contributed by atoms with E-state index in [1.807, 2.05) is 24.3 Å². The summed E-state index contributed by atoms with van der Waals surface area (Å²) in [5, 5.41) is 16.4. The Kier molecular flexibility index (Phi) is 5.90. The van der Waals surface area contributed by atoms with Gasteiger partial charge in [-0.25, -0.2) is 0 Å². The third-order valence-electron chi connectivity index (χ3n) is 4.09. The zero-order valence-corrected chi connectivity index (χ0v) is 16.1. The van der Waals surface area contributed by atoms with Crippen molar-refractivity contribution in [3.63, 3.8) is 0 Å². The number of carbonyl (C=O) groups excluding carboxylic acids is 2. The number of carbonyl (C=O) groups is 2. The lowest BCUT2D eigenvalue weighted by atomic mass is 10.0. The van der Waals surface area contributed by atoms with E-state index in [1.54, 1.807) is 24.3 Å². The lowest BCUT2D eigenvalue weighted by molar-refractivity contribution is -0.384. The first-order valence-corrected chi connectivity index (χ1v) is 8.94. The summed E-state index contributed by atoms with van der Waals surface area (Å²) >= 11 is 6.00. The molecule has 2 amide bonds. The Balaban J connectivity index is 1.74. The number of non-ortho nitro benzene ring substituents is 1. The van der Waals surface area contributed by atoms with Crippen LogP contribution in [0.3, 0.4) is 0 Å². The fraction of sp³-hybridized carbons (Fsp3) is 0.0476. The molecule has 0 aliphatic carbocycles. The van der Waals surface area contributed by atoms with Crippen LogP contribution < -0.4 is 10.6 Å². The monoisotopic (exact) mass is 409 g/mol. The minimum atomic E-state index is -0.584. The van der Waals surface area contributed by atoms with Crippen molar-refractivity contribution in [1.82, 2.24) is 0 Å². The van der Waals surface area contributed by atoms with Gasteiger partial charge in [0, 0.05) is 30.4 Å². The molecule has 0 fully saturated rings. The van der Waals surface area contributed by atoms with Gasteiger partial charge in [-0.3, -0.25) is 19.7 Å². The predicted octanol–water partition coefficient (Wildman–Crippen LogP) is 5.13. The van der Waals surface area contributed by atoms with Crippen molar-refractivity contribution < 1.29 is 14.5 Å². The highest BCUT2D eigenvalue weighted by atomic mass is 35.5. The van der Waals surface area contributed by atoms with Gasteiger partial charge in [0.25, 0.3) is 11.6 Å². The zero-order chi connectivity index (χ0) is 21.0. The van der Waals surface area contributed by atoms with Crippen LogP contribution in [0.5, 0.6) is 0 Å². The van der Waals surface area contributed by atoms with E-state index in [1.165, 1.54) is 19.1 Å². The van der Waals surface area contributed by atoms with Crippen molar-refractivity contribution in [1.29, 1.82) is 0 Å². The summed E-state index contributed by atoms with van der Waals surface area (Å²) in [4.78, 5) is 33.8. The summed E-state index contributed by atoms with van der Waals surface area (Å²) in [6.45, 7) is 1.45. The molecule has 0 saturated carbocycles. The number of rotatable bonds is 5. The number of nitro groups is 1. The van der Waals surface area contributed by atoms with Crippen LogP contribution in [0, 0.1) is 10.1 Å². The molecule has 0 bridgehead atoms. The molecule has 8 heteroatoms. The van der Waals surface area contributed by atoms with Gasteiger partial charge < -0.3 is 10.6 Å². The molecule has 0 aliphatic heterocycles. The minimum Gasteiger partial charge on any atom is -0.326 e. The van der Waals surface area contributed by atoms with Crippen LogP contribution in [0.25, 0.3) is 11.1 Å². The van der Waals surface area contributed by atoms with Crippen molar-refractivity contribution in [3.8, 4) is 11.1 Å². The molecule has 0 atom stereocenters. The van der Waals surface area contributed by atoms with Crippen molar-refractivity contribution in [2.24, 2.45) is 0 Å². The molecule has 29 heavy (non-hydrogen) atoms. The molecule has 0 saturated heterocycles. The summed E-state index contributed by atoms with van der Waals surface area (Å²) in [5.41, 5.74) is 2.91. The number of hydrogen-bond acceptors (Lipinski definition) is 4. The molecule has 0 aliphatic rings. The van der Waals surface area contributed by atoms with Crippen LogP contribution in [0.2, 0.25) is 5.02 Å². The molecule has 3 rings (SSSR count).